The van der Waals surface area contributed by atoms with Gasteiger partial charge in [-0.05, 0) is 37.8 Å². The van der Waals surface area contributed by atoms with Gasteiger partial charge in [-0.3, -0.25) is 4.79 Å². The number of nitrogens with zero attached hydrogens (tertiary/aromatic N) is 3. The average Bonchev–Trinajstić information content (AvgIpc) is 2.76. The lowest BCUT2D eigenvalue weighted by atomic mass is 10.0. The molecule has 1 aliphatic heterocycles. The Morgan fingerprint density at radius 1 is 1.10 bits per heavy atom. The average molecular weight is 404 g/mol. The fourth-order valence-corrected chi connectivity index (χ4v) is 3.62. The van der Waals surface area contributed by atoms with Crippen LogP contribution in [0.25, 0.3) is 0 Å². The number of aliphatic hydroxyl groups excluding tert-OH is 1. The minimum atomic E-state index is 0.0652. The van der Waals surface area contributed by atoms with E-state index in [-0.39, 0.29) is 19.1 Å². The highest BCUT2D eigenvalue weighted by molar-refractivity contribution is 5.85. The summed E-state index contributed by atoms with van der Waals surface area (Å²) in [7, 11) is 0. The van der Waals surface area contributed by atoms with Crippen LogP contribution in [0.15, 0.2) is 35.3 Å². The third kappa shape index (κ3) is 7.93. The lowest BCUT2D eigenvalue weighted by Gasteiger charge is -2.36. The van der Waals surface area contributed by atoms with E-state index in [0.717, 1.165) is 58.5 Å². The summed E-state index contributed by atoms with van der Waals surface area (Å²) in [6.07, 6.45) is 2.94. The van der Waals surface area contributed by atoms with Crippen LogP contribution in [-0.4, -0.2) is 74.3 Å². The number of anilines is 1. The van der Waals surface area contributed by atoms with Crippen molar-refractivity contribution in [3.8, 4) is 0 Å². The first-order valence-corrected chi connectivity index (χ1v) is 10.9. The van der Waals surface area contributed by atoms with Gasteiger partial charge in [0.2, 0.25) is 5.91 Å². The summed E-state index contributed by atoms with van der Waals surface area (Å²) in [4.78, 5) is 21.3. The number of aliphatic hydroxyl groups is 1. The Balaban J connectivity index is 1.81. The zero-order valence-electron chi connectivity index (χ0n) is 17.9. The molecule has 1 atom stereocenters. The first-order valence-electron chi connectivity index (χ1n) is 10.9. The number of amides is 1. The summed E-state index contributed by atoms with van der Waals surface area (Å²) in [5.41, 5.74) is 1.21. The maximum atomic E-state index is 12.6. The summed E-state index contributed by atoms with van der Waals surface area (Å²) in [5.74, 6) is 1.15. The lowest BCUT2D eigenvalue weighted by molar-refractivity contribution is -0.129. The summed E-state index contributed by atoms with van der Waals surface area (Å²) < 4.78 is 0. The van der Waals surface area contributed by atoms with Gasteiger partial charge in [0.25, 0.3) is 0 Å². The van der Waals surface area contributed by atoms with Crippen molar-refractivity contribution in [1.29, 1.82) is 0 Å². The van der Waals surface area contributed by atoms with Crippen LogP contribution >= 0.6 is 0 Å². The number of benzene rings is 1. The summed E-state index contributed by atoms with van der Waals surface area (Å²) in [6, 6.07) is 10.3. The Morgan fingerprint density at radius 3 is 2.45 bits per heavy atom. The maximum Gasteiger partial charge on any atom is 0.244 e. The van der Waals surface area contributed by atoms with Crippen molar-refractivity contribution in [3.05, 3.63) is 30.3 Å². The van der Waals surface area contributed by atoms with Crippen LogP contribution in [0.2, 0.25) is 0 Å². The van der Waals surface area contributed by atoms with E-state index in [1.165, 1.54) is 5.69 Å². The number of aliphatic imine (C=N–C) groups is 1. The van der Waals surface area contributed by atoms with Gasteiger partial charge in [-0.2, -0.15) is 0 Å². The molecular weight excluding hydrogens is 366 g/mol. The molecule has 3 N–H and O–H groups in total. The molecule has 1 unspecified atom stereocenters. The molecule has 1 aliphatic rings. The topological polar surface area (TPSA) is 80.2 Å². The van der Waals surface area contributed by atoms with Crippen LogP contribution in [0.1, 0.15) is 33.1 Å². The molecule has 1 heterocycles. The molecule has 0 aliphatic carbocycles. The Kier molecular flexibility index (Phi) is 10.3. The minimum absolute atomic E-state index is 0.0652. The van der Waals surface area contributed by atoms with Gasteiger partial charge >= 0.3 is 0 Å². The Bertz CT molecular complexity index is 609. The molecule has 0 radical (unpaired) electrons. The number of carbonyl (C=O) groups is 1. The van der Waals surface area contributed by atoms with E-state index in [9.17, 15) is 9.90 Å². The molecule has 0 aromatic heterocycles. The molecule has 0 spiro atoms. The van der Waals surface area contributed by atoms with Crippen molar-refractivity contribution in [2.24, 2.45) is 10.9 Å². The first-order chi connectivity index (χ1) is 14.2. The fraction of sp³-hybridized carbons (Fsp3) is 0.636. The highest BCUT2D eigenvalue weighted by Crippen LogP contribution is 2.15. The molecule has 7 heteroatoms. The second-order valence-electron chi connectivity index (χ2n) is 7.45. The number of piperazine rings is 1. The van der Waals surface area contributed by atoms with Crippen molar-refractivity contribution < 1.29 is 9.90 Å². The Morgan fingerprint density at radius 2 is 1.83 bits per heavy atom. The van der Waals surface area contributed by atoms with E-state index in [4.69, 9.17) is 0 Å². The molecule has 1 aromatic carbocycles. The van der Waals surface area contributed by atoms with E-state index in [1.54, 1.807) is 0 Å². The van der Waals surface area contributed by atoms with E-state index in [2.05, 4.69) is 39.6 Å². The Labute approximate surface area is 175 Å². The maximum absolute atomic E-state index is 12.6. The van der Waals surface area contributed by atoms with E-state index < -0.39 is 0 Å². The van der Waals surface area contributed by atoms with E-state index in [1.807, 2.05) is 30.0 Å². The molecule has 1 saturated heterocycles. The summed E-state index contributed by atoms with van der Waals surface area (Å²) in [5, 5.41) is 15.7. The Hall–Kier alpha value is -2.28. The number of guanidine groups is 1. The van der Waals surface area contributed by atoms with Crippen LogP contribution in [0.5, 0.6) is 0 Å². The van der Waals surface area contributed by atoms with Crippen molar-refractivity contribution in [3.63, 3.8) is 0 Å². The molecule has 162 valence electrons. The van der Waals surface area contributed by atoms with E-state index in [0.29, 0.717) is 11.9 Å². The SMILES string of the molecule is CCCC(CCO)CNC(=NCC(=O)N1CCN(c2ccccc2)CC1)NCC. The van der Waals surface area contributed by atoms with Crippen LogP contribution in [0, 0.1) is 5.92 Å². The van der Waals surface area contributed by atoms with Crippen molar-refractivity contribution in [2.45, 2.75) is 33.1 Å². The third-order valence-electron chi connectivity index (χ3n) is 5.26. The monoisotopic (exact) mass is 403 g/mol. The van der Waals surface area contributed by atoms with Gasteiger partial charge in [0.05, 0.1) is 0 Å². The molecule has 7 nitrogen and oxygen atoms in total. The third-order valence-corrected chi connectivity index (χ3v) is 5.26. The molecule has 1 amide bonds. The zero-order valence-corrected chi connectivity index (χ0v) is 17.9. The highest BCUT2D eigenvalue weighted by atomic mass is 16.3. The second-order valence-corrected chi connectivity index (χ2v) is 7.45. The first kappa shape index (κ1) is 23.0. The van der Waals surface area contributed by atoms with Crippen molar-refractivity contribution >= 4 is 17.6 Å². The van der Waals surface area contributed by atoms with Gasteiger partial charge in [0.15, 0.2) is 5.96 Å². The van der Waals surface area contributed by atoms with Crippen LogP contribution in [0.4, 0.5) is 5.69 Å². The number of nitrogens with one attached hydrogen (secondary N) is 2. The molecule has 2 rings (SSSR count). The predicted octanol–water partition coefficient (Wildman–Crippen LogP) is 1.69. The molecule has 1 fully saturated rings. The number of carbonyl (C=O) groups excluding carboxylic acids is 1. The minimum Gasteiger partial charge on any atom is -0.396 e. The fourth-order valence-electron chi connectivity index (χ4n) is 3.62. The van der Waals surface area contributed by atoms with Gasteiger partial charge in [-0.15, -0.1) is 0 Å². The van der Waals surface area contributed by atoms with Crippen LogP contribution in [-0.2, 0) is 4.79 Å². The molecule has 1 aromatic rings. The van der Waals surface area contributed by atoms with E-state index >= 15 is 0 Å². The van der Waals surface area contributed by atoms with Crippen molar-refractivity contribution in [2.75, 3.05) is 57.3 Å². The standard InChI is InChI=1S/C22H37N5O2/c1-3-8-19(11-16-28)17-24-22(23-4-2)25-18-21(29)27-14-12-26(13-15-27)20-9-6-5-7-10-20/h5-7,9-10,19,28H,3-4,8,11-18H2,1-2H3,(H2,23,24,25). The summed E-state index contributed by atoms with van der Waals surface area (Å²) in [6.45, 7) is 9.16. The van der Waals surface area contributed by atoms with Crippen LogP contribution in [0.3, 0.4) is 0 Å². The van der Waals surface area contributed by atoms with Gasteiger partial charge < -0.3 is 25.5 Å². The zero-order chi connectivity index (χ0) is 20.9. The van der Waals surface area contributed by atoms with Gasteiger partial charge in [0, 0.05) is 51.6 Å². The molecule has 0 saturated carbocycles. The normalized spacial score (nSPS) is 15.9. The summed E-state index contributed by atoms with van der Waals surface area (Å²) >= 11 is 0. The number of rotatable bonds is 10. The second kappa shape index (κ2) is 13.0. The quantitative estimate of drug-likeness (QED) is 0.409. The molecule has 0 bridgehead atoms. The van der Waals surface area contributed by atoms with Gasteiger partial charge in [0.1, 0.15) is 6.54 Å². The molecular formula is C22H37N5O2. The highest BCUT2D eigenvalue weighted by Gasteiger charge is 2.21. The molecule has 29 heavy (non-hydrogen) atoms. The number of hydrogen-bond acceptors (Lipinski definition) is 4. The van der Waals surface area contributed by atoms with Crippen molar-refractivity contribution in [1.82, 2.24) is 15.5 Å². The number of para-hydroxylation sites is 1. The lowest BCUT2D eigenvalue weighted by Crippen LogP contribution is -2.49. The van der Waals surface area contributed by atoms with Gasteiger partial charge in [-0.25, -0.2) is 4.99 Å². The smallest absolute Gasteiger partial charge is 0.244 e. The number of hydrogen-bond donors (Lipinski definition) is 3. The van der Waals surface area contributed by atoms with Gasteiger partial charge in [-0.1, -0.05) is 31.5 Å². The van der Waals surface area contributed by atoms with Crippen LogP contribution < -0.4 is 15.5 Å². The predicted molar refractivity (Wildman–Crippen MR) is 119 cm³/mol. The largest absolute Gasteiger partial charge is 0.396 e.